The third-order valence-corrected chi connectivity index (χ3v) is 5.39. The van der Waals surface area contributed by atoms with Crippen LogP contribution in [0.5, 0.6) is 0 Å². The second-order valence-corrected chi connectivity index (χ2v) is 7.31. The molecule has 136 valence electrons. The van der Waals surface area contributed by atoms with Gasteiger partial charge in [-0.2, -0.15) is 0 Å². The molecule has 0 bridgehead atoms. The molecule has 3 heterocycles. The maximum Gasteiger partial charge on any atom is 0.272 e. The molecular formula is C21H26N4O. The van der Waals surface area contributed by atoms with Crippen molar-refractivity contribution in [3.8, 4) is 0 Å². The largest absolute Gasteiger partial charge is 0.352 e. The monoisotopic (exact) mass is 350 g/mol. The molecule has 1 aromatic heterocycles. The van der Waals surface area contributed by atoms with Crippen molar-refractivity contribution in [2.45, 2.75) is 45.6 Å². The minimum atomic E-state index is 0.0519. The summed E-state index contributed by atoms with van der Waals surface area (Å²) in [7, 11) is 0. The number of rotatable bonds is 2. The molecule has 0 spiro atoms. The first-order valence-electron chi connectivity index (χ1n) is 9.67. The zero-order chi connectivity index (χ0) is 17.9. The summed E-state index contributed by atoms with van der Waals surface area (Å²) in [6, 6.07) is 10.4. The second kappa shape index (κ2) is 7.44. The highest BCUT2D eigenvalue weighted by Gasteiger charge is 2.22. The molecule has 0 aliphatic carbocycles. The van der Waals surface area contributed by atoms with Crippen LogP contribution < -0.4 is 4.90 Å². The van der Waals surface area contributed by atoms with E-state index in [1.165, 1.54) is 24.0 Å². The third-order valence-electron chi connectivity index (χ3n) is 5.39. The van der Waals surface area contributed by atoms with Crippen LogP contribution in [0.4, 0.5) is 5.82 Å². The summed E-state index contributed by atoms with van der Waals surface area (Å²) in [6.45, 7) is 5.32. The molecule has 0 N–H and O–H groups in total. The quantitative estimate of drug-likeness (QED) is 0.833. The highest BCUT2D eigenvalue weighted by Crippen LogP contribution is 2.24. The number of fused-ring (bicyclic) bond motifs is 1. The number of anilines is 1. The van der Waals surface area contributed by atoms with Gasteiger partial charge in [-0.05, 0) is 37.3 Å². The minimum absolute atomic E-state index is 0.0519. The molecule has 4 rings (SSSR count). The highest BCUT2D eigenvalue weighted by molar-refractivity contribution is 5.93. The summed E-state index contributed by atoms with van der Waals surface area (Å²) in [5.74, 6) is 1.58. The van der Waals surface area contributed by atoms with Crippen molar-refractivity contribution in [1.29, 1.82) is 0 Å². The molecule has 1 aromatic carbocycles. The van der Waals surface area contributed by atoms with E-state index in [9.17, 15) is 4.79 Å². The fraction of sp³-hybridized carbons (Fsp3) is 0.476. The number of likely N-dealkylation sites (tertiary alicyclic amines) is 1. The van der Waals surface area contributed by atoms with Gasteiger partial charge in [0.2, 0.25) is 0 Å². The van der Waals surface area contributed by atoms with Gasteiger partial charge in [0.1, 0.15) is 17.3 Å². The molecule has 1 saturated heterocycles. The Balaban J connectivity index is 1.57. The van der Waals surface area contributed by atoms with Crippen molar-refractivity contribution in [1.82, 2.24) is 14.9 Å². The molecule has 0 atom stereocenters. The Hall–Kier alpha value is -2.43. The zero-order valence-electron chi connectivity index (χ0n) is 15.4. The first-order valence-corrected chi connectivity index (χ1v) is 9.67. The van der Waals surface area contributed by atoms with Gasteiger partial charge in [-0.25, -0.2) is 9.97 Å². The van der Waals surface area contributed by atoms with Gasteiger partial charge in [0.25, 0.3) is 5.91 Å². The molecule has 2 aromatic rings. The standard InChI is InChI=1S/C21H26N4O/c1-16-22-19(21(26)24-11-6-2-3-7-12-24)14-20(23-16)25-13-10-17-8-4-5-9-18(17)15-25/h4-5,8-9,14H,2-3,6-7,10-13,15H2,1H3. The lowest BCUT2D eigenvalue weighted by Crippen LogP contribution is -2.34. The van der Waals surface area contributed by atoms with Gasteiger partial charge in [0.05, 0.1) is 0 Å². The maximum atomic E-state index is 13.0. The summed E-state index contributed by atoms with van der Waals surface area (Å²) in [5.41, 5.74) is 3.29. The van der Waals surface area contributed by atoms with E-state index in [4.69, 9.17) is 0 Å². The number of nitrogens with zero attached hydrogens (tertiary/aromatic N) is 4. The molecule has 2 aliphatic heterocycles. The van der Waals surface area contributed by atoms with Gasteiger partial charge in [-0.1, -0.05) is 37.1 Å². The Morgan fingerprint density at radius 1 is 0.962 bits per heavy atom. The summed E-state index contributed by atoms with van der Waals surface area (Å²) in [4.78, 5) is 26.2. The Labute approximate surface area is 155 Å². The van der Waals surface area contributed by atoms with E-state index in [0.717, 1.165) is 51.3 Å². The Morgan fingerprint density at radius 3 is 2.46 bits per heavy atom. The fourth-order valence-corrected chi connectivity index (χ4v) is 3.95. The van der Waals surface area contributed by atoms with Gasteiger partial charge in [-0.15, -0.1) is 0 Å². The highest BCUT2D eigenvalue weighted by atomic mass is 16.2. The van der Waals surface area contributed by atoms with Crippen molar-refractivity contribution in [2.75, 3.05) is 24.5 Å². The molecule has 26 heavy (non-hydrogen) atoms. The molecule has 0 saturated carbocycles. The second-order valence-electron chi connectivity index (χ2n) is 7.31. The van der Waals surface area contributed by atoms with E-state index in [-0.39, 0.29) is 5.91 Å². The number of carbonyl (C=O) groups is 1. The first-order chi connectivity index (χ1) is 12.7. The molecule has 2 aliphatic rings. The SMILES string of the molecule is Cc1nc(C(=O)N2CCCCCC2)cc(N2CCc3ccccc3C2)n1. The van der Waals surface area contributed by atoms with Crippen LogP contribution >= 0.6 is 0 Å². The maximum absolute atomic E-state index is 13.0. The summed E-state index contributed by atoms with van der Waals surface area (Å²) < 4.78 is 0. The molecule has 0 unspecified atom stereocenters. The van der Waals surface area contributed by atoms with Crippen molar-refractivity contribution in [3.05, 3.63) is 53.0 Å². The Kier molecular flexibility index (Phi) is 4.87. The van der Waals surface area contributed by atoms with Gasteiger partial charge in [-0.3, -0.25) is 4.79 Å². The third kappa shape index (κ3) is 3.57. The number of hydrogen-bond acceptors (Lipinski definition) is 4. The van der Waals surface area contributed by atoms with Crippen LogP contribution in [-0.4, -0.2) is 40.4 Å². The number of benzene rings is 1. The predicted octanol–water partition coefficient (Wildman–Crippen LogP) is 3.36. The van der Waals surface area contributed by atoms with E-state index >= 15 is 0 Å². The zero-order valence-corrected chi connectivity index (χ0v) is 15.4. The lowest BCUT2D eigenvalue weighted by molar-refractivity contribution is 0.0755. The summed E-state index contributed by atoms with van der Waals surface area (Å²) >= 11 is 0. The lowest BCUT2D eigenvalue weighted by atomic mass is 10.00. The van der Waals surface area contributed by atoms with Crippen molar-refractivity contribution >= 4 is 11.7 Å². The first kappa shape index (κ1) is 17.0. The van der Waals surface area contributed by atoms with E-state index in [0.29, 0.717) is 11.5 Å². The van der Waals surface area contributed by atoms with Crippen LogP contribution in [0.15, 0.2) is 30.3 Å². The normalized spacial score (nSPS) is 17.6. The van der Waals surface area contributed by atoms with Crippen LogP contribution in [0, 0.1) is 6.92 Å². The number of amides is 1. The van der Waals surface area contributed by atoms with Crippen molar-refractivity contribution in [2.24, 2.45) is 0 Å². The number of aromatic nitrogens is 2. The van der Waals surface area contributed by atoms with E-state index in [2.05, 4.69) is 39.1 Å². The summed E-state index contributed by atoms with van der Waals surface area (Å²) in [6.07, 6.45) is 5.61. The number of hydrogen-bond donors (Lipinski definition) is 0. The average molecular weight is 350 g/mol. The molecule has 1 amide bonds. The van der Waals surface area contributed by atoms with E-state index < -0.39 is 0 Å². The predicted molar refractivity (Wildman–Crippen MR) is 102 cm³/mol. The molecule has 0 radical (unpaired) electrons. The summed E-state index contributed by atoms with van der Waals surface area (Å²) in [5, 5.41) is 0. The van der Waals surface area contributed by atoms with Gasteiger partial charge in [0, 0.05) is 32.2 Å². The minimum Gasteiger partial charge on any atom is -0.352 e. The fourth-order valence-electron chi connectivity index (χ4n) is 3.95. The Bertz CT molecular complexity index is 796. The van der Waals surface area contributed by atoms with E-state index in [1.807, 2.05) is 17.9 Å². The van der Waals surface area contributed by atoms with Crippen LogP contribution in [0.2, 0.25) is 0 Å². The van der Waals surface area contributed by atoms with Crippen molar-refractivity contribution in [3.63, 3.8) is 0 Å². The van der Waals surface area contributed by atoms with Crippen LogP contribution in [0.25, 0.3) is 0 Å². The van der Waals surface area contributed by atoms with E-state index in [1.54, 1.807) is 0 Å². The topological polar surface area (TPSA) is 49.3 Å². The average Bonchev–Trinajstić information content (AvgIpc) is 2.96. The molecule has 5 heteroatoms. The van der Waals surface area contributed by atoms with Crippen LogP contribution in [-0.2, 0) is 13.0 Å². The van der Waals surface area contributed by atoms with Gasteiger partial charge < -0.3 is 9.80 Å². The van der Waals surface area contributed by atoms with Crippen LogP contribution in [0.1, 0.15) is 53.1 Å². The smallest absolute Gasteiger partial charge is 0.272 e. The number of aryl methyl sites for hydroxylation is 1. The Morgan fingerprint density at radius 2 is 1.69 bits per heavy atom. The van der Waals surface area contributed by atoms with Crippen LogP contribution in [0.3, 0.4) is 0 Å². The molecule has 1 fully saturated rings. The van der Waals surface area contributed by atoms with Gasteiger partial charge in [0.15, 0.2) is 0 Å². The number of carbonyl (C=O) groups excluding carboxylic acids is 1. The van der Waals surface area contributed by atoms with Crippen molar-refractivity contribution < 1.29 is 4.79 Å². The lowest BCUT2D eigenvalue weighted by Gasteiger charge is -2.30. The van der Waals surface area contributed by atoms with Gasteiger partial charge >= 0.3 is 0 Å². The molecular weight excluding hydrogens is 324 g/mol. The molecule has 5 nitrogen and oxygen atoms in total.